The zero-order valence-corrected chi connectivity index (χ0v) is 14.8. The van der Waals surface area contributed by atoms with Gasteiger partial charge in [0.2, 0.25) is 17.7 Å². The molecule has 1 N–H and O–H groups in total. The van der Waals surface area contributed by atoms with Crippen LogP contribution in [0.4, 0.5) is 0 Å². The van der Waals surface area contributed by atoms with E-state index in [4.69, 9.17) is 0 Å². The van der Waals surface area contributed by atoms with E-state index in [0.29, 0.717) is 13.1 Å². The van der Waals surface area contributed by atoms with Crippen molar-refractivity contribution in [2.45, 2.75) is 26.2 Å². The minimum atomic E-state index is -0.127. The number of hydrogen-bond donors (Lipinski definition) is 1. The third kappa shape index (κ3) is 6.56. The molecule has 0 aromatic carbocycles. The van der Waals surface area contributed by atoms with E-state index in [9.17, 15) is 14.4 Å². The zero-order valence-electron chi connectivity index (χ0n) is 14.8. The topological polar surface area (TPSA) is 73.0 Å². The number of rotatable bonds is 7. The molecule has 1 aliphatic rings. The minimum Gasteiger partial charge on any atom is -0.355 e. The van der Waals surface area contributed by atoms with Gasteiger partial charge in [-0.3, -0.25) is 19.3 Å². The summed E-state index contributed by atoms with van der Waals surface area (Å²) in [7, 11) is 5.20. The molecule has 0 spiro atoms. The van der Waals surface area contributed by atoms with Crippen LogP contribution in [0.25, 0.3) is 0 Å². The van der Waals surface area contributed by atoms with Crippen molar-refractivity contribution in [1.82, 2.24) is 20.0 Å². The van der Waals surface area contributed by atoms with Gasteiger partial charge in [0.15, 0.2) is 0 Å². The molecule has 23 heavy (non-hydrogen) atoms. The maximum absolute atomic E-state index is 12.2. The molecule has 0 radical (unpaired) electrons. The minimum absolute atomic E-state index is 0.0611. The molecule has 0 aromatic rings. The van der Waals surface area contributed by atoms with Gasteiger partial charge >= 0.3 is 0 Å². The lowest BCUT2D eigenvalue weighted by Crippen LogP contribution is -2.46. The normalized spacial score (nSPS) is 16.0. The van der Waals surface area contributed by atoms with Crippen LogP contribution in [0.15, 0.2) is 0 Å². The van der Waals surface area contributed by atoms with E-state index in [1.165, 1.54) is 4.90 Å². The molecule has 132 valence electrons. The third-order valence-electron chi connectivity index (χ3n) is 4.12. The standard InChI is InChI=1S/C16H30N4O3/c1-5-8-17-14(21)11-19(4)15(22)12-20-9-6-13(7-10-20)16(23)18(2)3/h13H,5-12H2,1-4H3,(H,17,21). The molecule has 1 heterocycles. The molecule has 3 amide bonds. The van der Waals surface area contributed by atoms with E-state index < -0.39 is 0 Å². The molecule has 1 aliphatic heterocycles. The first-order chi connectivity index (χ1) is 10.8. The highest BCUT2D eigenvalue weighted by Crippen LogP contribution is 2.18. The Bertz CT molecular complexity index is 418. The summed E-state index contributed by atoms with van der Waals surface area (Å²) in [6.45, 7) is 4.50. The smallest absolute Gasteiger partial charge is 0.239 e. The average Bonchev–Trinajstić information content (AvgIpc) is 2.52. The fourth-order valence-corrected chi connectivity index (χ4v) is 2.64. The SMILES string of the molecule is CCCNC(=O)CN(C)C(=O)CN1CCC(C(=O)N(C)C)CC1. The fraction of sp³-hybridized carbons (Fsp3) is 0.812. The van der Waals surface area contributed by atoms with E-state index in [1.54, 1.807) is 26.0 Å². The van der Waals surface area contributed by atoms with Crippen LogP contribution in [0, 0.1) is 5.92 Å². The van der Waals surface area contributed by atoms with E-state index in [-0.39, 0.29) is 30.2 Å². The lowest BCUT2D eigenvalue weighted by atomic mass is 9.95. The molecule has 0 bridgehead atoms. The van der Waals surface area contributed by atoms with Gasteiger partial charge in [-0.2, -0.15) is 0 Å². The Morgan fingerprint density at radius 1 is 1.13 bits per heavy atom. The first-order valence-corrected chi connectivity index (χ1v) is 8.29. The predicted octanol–water partition coefficient (Wildman–Crippen LogP) is -0.229. The molecule has 0 aromatic heterocycles. The summed E-state index contributed by atoms with van der Waals surface area (Å²) < 4.78 is 0. The highest BCUT2D eigenvalue weighted by molar-refractivity contribution is 5.85. The van der Waals surface area contributed by atoms with Crippen LogP contribution in [0.2, 0.25) is 0 Å². The molecule has 7 heteroatoms. The highest BCUT2D eigenvalue weighted by Gasteiger charge is 2.27. The van der Waals surface area contributed by atoms with Crippen LogP contribution >= 0.6 is 0 Å². The second kappa shape index (κ2) is 9.50. The summed E-state index contributed by atoms with van der Waals surface area (Å²) in [6.07, 6.45) is 2.44. The first kappa shape index (κ1) is 19.4. The van der Waals surface area contributed by atoms with Gasteiger partial charge in [0.1, 0.15) is 0 Å². The number of likely N-dealkylation sites (tertiary alicyclic amines) is 1. The monoisotopic (exact) mass is 326 g/mol. The maximum Gasteiger partial charge on any atom is 0.239 e. The Morgan fingerprint density at radius 2 is 1.74 bits per heavy atom. The summed E-state index contributed by atoms with van der Waals surface area (Å²) in [5.74, 6) is 0.0432. The van der Waals surface area contributed by atoms with Crippen molar-refractivity contribution in [3.8, 4) is 0 Å². The first-order valence-electron chi connectivity index (χ1n) is 8.29. The molecule has 1 rings (SSSR count). The van der Waals surface area contributed by atoms with Gasteiger partial charge in [-0.1, -0.05) is 6.92 Å². The zero-order chi connectivity index (χ0) is 17.4. The number of hydrogen-bond acceptors (Lipinski definition) is 4. The second-order valence-electron chi connectivity index (χ2n) is 6.38. The number of amides is 3. The molecule has 7 nitrogen and oxygen atoms in total. The largest absolute Gasteiger partial charge is 0.355 e. The summed E-state index contributed by atoms with van der Waals surface area (Å²) in [5, 5.41) is 2.76. The van der Waals surface area contributed by atoms with E-state index in [1.807, 2.05) is 6.92 Å². The van der Waals surface area contributed by atoms with Gasteiger partial charge < -0.3 is 15.1 Å². The van der Waals surface area contributed by atoms with Crippen molar-refractivity contribution in [2.24, 2.45) is 5.92 Å². The Hall–Kier alpha value is -1.63. The van der Waals surface area contributed by atoms with Gasteiger partial charge in [0, 0.05) is 33.6 Å². The molecule has 0 saturated carbocycles. The van der Waals surface area contributed by atoms with Crippen LogP contribution in [-0.2, 0) is 14.4 Å². The van der Waals surface area contributed by atoms with Crippen LogP contribution in [0.3, 0.4) is 0 Å². The molecule has 0 unspecified atom stereocenters. The number of likely N-dealkylation sites (N-methyl/N-ethyl adjacent to an activating group) is 1. The van der Waals surface area contributed by atoms with Crippen LogP contribution < -0.4 is 5.32 Å². The van der Waals surface area contributed by atoms with Crippen molar-refractivity contribution in [3.63, 3.8) is 0 Å². The Kier molecular flexibility index (Phi) is 8.02. The van der Waals surface area contributed by atoms with Gasteiger partial charge in [-0.15, -0.1) is 0 Å². The van der Waals surface area contributed by atoms with Crippen molar-refractivity contribution in [2.75, 3.05) is 53.9 Å². The summed E-state index contributed by atoms with van der Waals surface area (Å²) in [4.78, 5) is 40.9. The summed E-state index contributed by atoms with van der Waals surface area (Å²) >= 11 is 0. The number of nitrogens with zero attached hydrogens (tertiary/aromatic N) is 3. The van der Waals surface area contributed by atoms with Crippen LogP contribution in [0.1, 0.15) is 26.2 Å². The van der Waals surface area contributed by atoms with E-state index in [2.05, 4.69) is 10.2 Å². The molecule has 0 atom stereocenters. The van der Waals surface area contributed by atoms with Crippen LogP contribution in [0.5, 0.6) is 0 Å². The molecular weight excluding hydrogens is 296 g/mol. The van der Waals surface area contributed by atoms with Crippen molar-refractivity contribution >= 4 is 17.7 Å². The highest BCUT2D eigenvalue weighted by atomic mass is 16.2. The van der Waals surface area contributed by atoms with Crippen molar-refractivity contribution in [1.29, 1.82) is 0 Å². The molecular formula is C16H30N4O3. The number of carbonyl (C=O) groups is 3. The third-order valence-corrected chi connectivity index (χ3v) is 4.12. The van der Waals surface area contributed by atoms with Crippen molar-refractivity contribution in [3.05, 3.63) is 0 Å². The van der Waals surface area contributed by atoms with E-state index >= 15 is 0 Å². The van der Waals surface area contributed by atoms with Gasteiger partial charge in [-0.25, -0.2) is 0 Å². The van der Waals surface area contributed by atoms with E-state index in [0.717, 1.165) is 32.4 Å². The van der Waals surface area contributed by atoms with Crippen LogP contribution in [-0.4, -0.2) is 86.3 Å². The summed E-state index contributed by atoms with van der Waals surface area (Å²) in [6, 6.07) is 0. The quantitative estimate of drug-likeness (QED) is 0.701. The Morgan fingerprint density at radius 3 is 2.26 bits per heavy atom. The average molecular weight is 326 g/mol. The van der Waals surface area contributed by atoms with Gasteiger partial charge in [0.05, 0.1) is 13.1 Å². The molecule has 1 fully saturated rings. The summed E-state index contributed by atoms with van der Waals surface area (Å²) in [5.41, 5.74) is 0. The maximum atomic E-state index is 12.2. The van der Waals surface area contributed by atoms with Gasteiger partial charge in [-0.05, 0) is 32.4 Å². The molecule has 0 aliphatic carbocycles. The number of nitrogens with one attached hydrogen (secondary N) is 1. The van der Waals surface area contributed by atoms with Gasteiger partial charge in [0.25, 0.3) is 0 Å². The van der Waals surface area contributed by atoms with Crippen molar-refractivity contribution < 1.29 is 14.4 Å². The number of carbonyl (C=O) groups excluding carboxylic acids is 3. The fourth-order valence-electron chi connectivity index (χ4n) is 2.64. The second-order valence-corrected chi connectivity index (χ2v) is 6.38. The molecule has 1 saturated heterocycles. The predicted molar refractivity (Wildman–Crippen MR) is 88.8 cm³/mol. The Labute approximate surface area is 139 Å². The number of piperidine rings is 1. The lowest BCUT2D eigenvalue weighted by molar-refractivity contribution is -0.137. The Balaban J connectivity index is 2.33. The lowest BCUT2D eigenvalue weighted by Gasteiger charge is -2.32.